The summed E-state index contributed by atoms with van der Waals surface area (Å²) in [4.78, 5) is 18.4. The molecule has 0 unspecified atom stereocenters. The highest BCUT2D eigenvalue weighted by Gasteiger charge is 2.12. The Kier molecular flexibility index (Phi) is 3.90. The summed E-state index contributed by atoms with van der Waals surface area (Å²) in [7, 11) is 3.54. The Morgan fingerprint density at radius 3 is 2.82 bits per heavy atom. The Labute approximate surface area is 133 Å². The van der Waals surface area contributed by atoms with Crippen molar-refractivity contribution in [3.8, 4) is 11.3 Å². The second kappa shape index (κ2) is 5.85. The summed E-state index contributed by atoms with van der Waals surface area (Å²) in [5, 5.41) is 3.08. The molecule has 2 aromatic heterocycles. The molecule has 0 fully saturated rings. The lowest BCUT2D eigenvalue weighted by atomic mass is 10.0. The molecule has 3 aromatic rings. The Morgan fingerprint density at radius 2 is 2.14 bits per heavy atom. The first-order valence-electron chi connectivity index (χ1n) is 7.05. The molecule has 1 aromatic carbocycles. The van der Waals surface area contributed by atoms with Gasteiger partial charge in [0.2, 0.25) is 5.91 Å². The number of nitrogens with zero attached hydrogens (tertiary/aromatic N) is 3. The van der Waals surface area contributed by atoms with Crippen molar-refractivity contribution in [3.63, 3.8) is 0 Å². The summed E-state index contributed by atoms with van der Waals surface area (Å²) in [6, 6.07) is 8.09. The van der Waals surface area contributed by atoms with E-state index in [1.54, 1.807) is 19.0 Å². The summed E-state index contributed by atoms with van der Waals surface area (Å²) in [5.74, 6) is 0.0783. The topological polar surface area (TPSA) is 46.1 Å². The van der Waals surface area contributed by atoms with Crippen molar-refractivity contribution in [3.05, 3.63) is 47.0 Å². The van der Waals surface area contributed by atoms with Gasteiger partial charge in [-0.15, -0.1) is 0 Å². The third kappa shape index (κ3) is 2.72. The number of hydrogen-bond donors (Lipinski definition) is 0. The van der Waals surface area contributed by atoms with Crippen LogP contribution in [0.4, 0.5) is 0 Å². The van der Waals surface area contributed by atoms with Crippen molar-refractivity contribution in [1.82, 2.24) is 14.3 Å². The fourth-order valence-corrected chi connectivity index (χ4v) is 2.95. The van der Waals surface area contributed by atoms with Crippen LogP contribution in [0.2, 0.25) is 0 Å². The van der Waals surface area contributed by atoms with E-state index in [2.05, 4.69) is 23.4 Å². The fourth-order valence-electron chi connectivity index (χ4n) is 2.42. The zero-order valence-corrected chi connectivity index (χ0v) is 13.6. The van der Waals surface area contributed by atoms with Crippen LogP contribution in [0, 0.1) is 6.92 Å². The van der Waals surface area contributed by atoms with Crippen LogP contribution >= 0.6 is 11.5 Å². The van der Waals surface area contributed by atoms with Gasteiger partial charge in [0.1, 0.15) is 0 Å². The largest absolute Gasteiger partial charge is 0.349 e. The van der Waals surface area contributed by atoms with Crippen LogP contribution in [-0.4, -0.2) is 34.3 Å². The second-order valence-corrected chi connectivity index (χ2v) is 6.17. The van der Waals surface area contributed by atoms with Crippen molar-refractivity contribution >= 4 is 28.3 Å². The van der Waals surface area contributed by atoms with E-state index in [4.69, 9.17) is 4.98 Å². The van der Waals surface area contributed by atoms with Gasteiger partial charge >= 0.3 is 0 Å². The summed E-state index contributed by atoms with van der Waals surface area (Å²) < 4.78 is 4.14. The number of aromatic nitrogens is 2. The molecule has 5 heteroatoms. The van der Waals surface area contributed by atoms with Crippen LogP contribution in [-0.2, 0) is 11.2 Å². The lowest BCUT2D eigenvalue weighted by Gasteiger charge is -2.13. The van der Waals surface area contributed by atoms with E-state index in [9.17, 15) is 4.79 Å². The summed E-state index contributed by atoms with van der Waals surface area (Å²) in [6.45, 7) is 2.07. The number of benzene rings is 1. The third-order valence-electron chi connectivity index (χ3n) is 3.70. The summed E-state index contributed by atoms with van der Waals surface area (Å²) >= 11 is 1.41. The second-order valence-electron chi connectivity index (χ2n) is 5.52. The first-order chi connectivity index (χ1) is 10.6. The normalized spacial score (nSPS) is 10.9. The molecular weight excluding hydrogens is 294 g/mol. The smallest absolute Gasteiger partial charge is 0.226 e. The number of rotatable bonds is 3. The van der Waals surface area contributed by atoms with Gasteiger partial charge in [-0.1, -0.05) is 18.2 Å². The van der Waals surface area contributed by atoms with Gasteiger partial charge in [0.25, 0.3) is 0 Å². The average molecular weight is 311 g/mol. The molecule has 0 atom stereocenters. The number of para-hydroxylation sites is 1. The van der Waals surface area contributed by atoms with E-state index in [0.717, 1.165) is 33.3 Å². The number of carbonyl (C=O) groups is 1. The predicted molar refractivity (Wildman–Crippen MR) is 90.0 cm³/mol. The van der Waals surface area contributed by atoms with Gasteiger partial charge in [0.15, 0.2) is 0 Å². The predicted octanol–water partition coefficient (Wildman–Crippen LogP) is 3.30. The minimum atomic E-state index is 0.0783. The molecule has 1 amide bonds. The molecule has 0 radical (unpaired) electrons. The van der Waals surface area contributed by atoms with E-state index in [1.165, 1.54) is 11.5 Å². The standard InChI is InChI=1S/C17H17N3OS/c1-11-7-15(13-9-18-22-10-13)19-17-12(5-4-6-14(11)17)8-16(21)20(2)3/h4-7,9-10H,8H2,1-3H3. The summed E-state index contributed by atoms with van der Waals surface area (Å²) in [6.07, 6.45) is 2.19. The van der Waals surface area contributed by atoms with E-state index in [1.807, 2.05) is 23.7 Å². The van der Waals surface area contributed by atoms with Crippen LogP contribution in [0.1, 0.15) is 11.1 Å². The molecule has 0 N–H and O–H groups in total. The number of pyridine rings is 1. The molecule has 2 heterocycles. The molecule has 3 rings (SSSR count). The van der Waals surface area contributed by atoms with Gasteiger partial charge in [-0.05, 0) is 35.6 Å². The number of carbonyl (C=O) groups excluding carboxylic acids is 1. The van der Waals surface area contributed by atoms with Crippen LogP contribution < -0.4 is 0 Å². The van der Waals surface area contributed by atoms with Crippen LogP contribution in [0.5, 0.6) is 0 Å². The van der Waals surface area contributed by atoms with Crippen LogP contribution in [0.25, 0.3) is 22.2 Å². The highest BCUT2D eigenvalue weighted by molar-refractivity contribution is 7.03. The van der Waals surface area contributed by atoms with Gasteiger partial charge < -0.3 is 4.90 Å². The minimum absolute atomic E-state index is 0.0783. The molecular formula is C17H17N3OS. The van der Waals surface area contributed by atoms with E-state index in [0.29, 0.717) is 6.42 Å². The summed E-state index contributed by atoms with van der Waals surface area (Å²) in [5.41, 5.74) is 4.95. The minimum Gasteiger partial charge on any atom is -0.349 e. The Bertz CT molecular complexity index is 825. The Morgan fingerprint density at radius 1 is 1.32 bits per heavy atom. The number of amides is 1. The molecule has 0 aliphatic heterocycles. The van der Waals surface area contributed by atoms with Gasteiger partial charge in [-0.25, -0.2) is 9.36 Å². The van der Waals surface area contributed by atoms with Crippen LogP contribution in [0.3, 0.4) is 0 Å². The van der Waals surface area contributed by atoms with E-state index in [-0.39, 0.29) is 5.91 Å². The molecule has 4 nitrogen and oxygen atoms in total. The number of aryl methyl sites for hydroxylation is 1. The highest BCUT2D eigenvalue weighted by atomic mass is 32.1. The molecule has 0 aliphatic carbocycles. The SMILES string of the molecule is Cc1cc(-c2cnsc2)nc2c(CC(=O)N(C)C)cccc12. The van der Waals surface area contributed by atoms with Gasteiger partial charge in [0.05, 0.1) is 23.8 Å². The van der Waals surface area contributed by atoms with E-state index >= 15 is 0 Å². The Balaban J connectivity index is 2.15. The maximum absolute atomic E-state index is 12.0. The first kappa shape index (κ1) is 14.7. The molecule has 22 heavy (non-hydrogen) atoms. The number of likely N-dealkylation sites (N-methyl/N-ethyl adjacent to an activating group) is 1. The number of hydrogen-bond acceptors (Lipinski definition) is 4. The highest BCUT2D eigenvalue weighted by Crippen LogP contribution is 2.27. The van der Waals surface area contributed by atoms with Crippen LogP contribution in [0.15, 0.2) is 35.8 Å². The average Bonchev–Trinajstić information content (AvgIpc) is 3.02. The maximum atomic E-state index is 12.0. The van der Waals surface area contributed by atoms with Crippen molar-refractivity contribution in [2.75, 3.05) is 14.1 Å². The van der Waals surface area contributed by atoms with Crippen molar-refractivity contribution in [1.29, 1.82) is 0 Å². The maximum Gasteiger partial charge on any atom is 0.226 e. The monoisotopic (exact) mass is 311 g/mol. The van der Waals surface area contributed by atoms with Gasteiger partial charge in [-0.2, -0.15) is 0 Å². The molecule has 0 aliphatic rings. The number of fused-ring (bicyclic) bond motifs is 1. The quantitative estimate of drug-likeness (QED) is 0.745. The molecule has 112 valence electrons. The molecule has 0 saturated heterocycles. The van der Waals surface area contributed by atoms with Crippen molar-refractivity contribution < 1.29 is 4.79 Å². The molecule has 0 spiro atoms. The first-order valence-corrected chi connectivity index (χ1v) is 7.89. The third-order valence-corrected chi connectivity index (χ3v) is 4.28. The van der Waals surface area contributed by atoms with Gasteiger partial charge in [0, 0.05) is 30.4 Å². The lowest BCUT2D eigenvalue weighted by molar-refractivity contribution is -0.127. The zero-order valence-electron chi connectivity index (χ0n) is 12.8. The van der Waals surface area contributed by atoms with Crippen molar-refractivity contribution in [2.24, 2.45) is 0 Å². The lowest BCUT2D eigenvalue weighted by Crippen LogP contribution is -2.23. The molecule has 0 saturated carbocycles. The van der Waals surface area contributed by atoms with E-state index < -0.39 is 0 Å². The van der Waals surface area contributed by atoms with Crippen molar-refractivity contribution in [2.45, 2.75) is 13.3 Å². The Hall–Kier alpha value is -2.27. The fraction of sp³-hybridized carbons (Fsp3) is 0.235. The molecule has 0 bridgehead atoms. The van der Waals surface area contributed by atoms with Gasteiger partial charge in [-0.3, -0.25) is 4.79 Å². The zero-order chi connectivity index (χ0) is 15.7.